The predicted molar refractivity (Wildman–Crippen MR) is 52.7 cm³/mol. The summed E-state index contributed by atoms with van der Waals surface area (Å²) in [7, 11) is -2.48. The first kappa shape index (κ1) is 12.2. The fraction of sp³-hybridized carbons (Fsp3) is 1.00. The second kappa shape index (κ2) is 5.74. The van der Waals surface area contributed by atoms with Gasteiger partial charge in [-0.05, 0) is 6.92 Å². The molecule has 3 nitrogen and oxygen atoms in total. The van der Waals surface area contributed by atoms with E-state index in [9.17, 15) is 4.57 Å². The van der Waals surface area contributed by atoms with Gasteiger partial charge in [0.1, 0.15) is 0 Å². The van der Waals surface area contributed by atoms with E-state index >= 15 is 0 Å². The molecule has 0 aliphatic heterocycles. The predicted octanol–water partition coefficient (Wildman–Crippen LogP) is 2.58. The molecule has 0 heterocycles. The molecule has 0 aromatic rings. The van der Waals surface area contributed by atoms with Crippen LogP contribution in [0, 0.1) is 0 Å². The van der Waals surface area contributed by atoms with E-state index in [0.29, 0.717) is 12.8 Å². The Bertz CT molecular complexity index is 157. The molecule has 0 aromatic heterocycles. The molecule has 0 spiro atoms. The Morgan fingerprint density at radius 2 is 1.67 bits per heavy atom. The third-order valence-corrected chi connectivity index (χ3v) is 4.78. The van der Waals surface area contributed by atoms with E-state index < -0.39 is 7.52 Å². The van der Waals surface area contributed by atoms with Gasteiger partial charge in [0, 0.05) is 19.3 Å². The molecular weight excluding hydrogens is 173 g/mol. The van der Waals surface area contributed by atoms with Gasteiger partial charge in [-0.2, -0.15) is 0 Å². The van der Waals surface area contributed by atoms with E-state index in [4.69, 9.17) is 4.52 Å². The lowest BCUT2D eigenvalue weighted by Crippen LogP contribution is -2.22. The van der Waals surface area contributed by atoms with Crippen molar-refractivity contribution in [3.8, 4) is 0 Å². The van der Waals surface area contributed by atoms with Gasteiger partial charge in [-0.3, -0.25) is 4.57 Å². The highest BCUT2D eigenvalue weighted by atomic mass is 31.2. The van der Waals surface area contributed by atoms with E-state index in [0.717, 1.165) is 13.1 Å². The van der Waals surface area contributed by atoms with Gasteiger partial charge >= 0.3 is 0 Å². The molecule has 0 aromatic carbocycles. The fourth-order valence-electron chi connectivity index (χ4n) is 1.23. The SMILES string of the molecule is CCOP(=O)(CC)N(CC)CC. The van der Waals surface area contributed by atoms with Crippen LogP contribution in [-0.2, 0) is 9.09 Å². The minimum Gasteiger partial charge on any atom is -0.318 e. The van der Waals surface area contributed by atoms with Crippen LogP contribution in [0.2, 0.25) is 0 Å². The van der Waals surface area contributed by atoms with Gasteiger partial charge in [0.05, 0.1) is 6.61 Å². The maximum absolute atomic E-state index is 12.0. The van der Waals surface area contributed by atoms with Crippen LogP contribution in [0.1, 0.15) is 27.7 Å². The molecule has 12 heavy (non-hydrogen) atoms. The van der Waals surface area contributed by atoms with Crippen molar-refractivity contribution in [1.29, 1.82) is 0 Å². The molecule has 1 atom stereocenters. The Kier molecular flexibility index (Phi) is 5.81. The molecule has 0 saturated heterocycles. The van der Waals surface area contributed by atoms with Crippen molar-refractivity contribution < 1.29 is 9.09 Å². The highest BCUT2D eigenvalue weighted by Crippen LogP contribution is 2.49. The van der Waals surface area contributed by atoms with E-state index in [2.05, 4.69) is 0 Å². The van der Waals surface area contributed by atoms with Gasteiger partial charge in [-0.15, -0.1) is 0 Å². The molecule has 0 saturated carbocycles. The van der Waals surface area contributed by atoms with Gasteiger partial charge in [-0.1, -0.05) is 20.8 Å². The average Bonchev–Trinajstić information content (AvgIpc) is 2.07. The Hall–Kier alpha value is 0.150. The monoisotopic (exact) mass is 193 g/mol. The topological polar surface area (TPSA) is 29.5 Å². The summed E-state index contributed by atoms with van der Waals surface area (Å²) in [5.41, 5.74) is 0. The summed E-state index contributed by atoms with van der Waals surface area (Å²) in [4.78, 5) is 0. The molecule has 0 fully saturated rings. The van der Waals surface area contributed by atoms with Crippen LogP contribution >= 0.6 is 7.52 Å². The quantitative estimate of drug-likeness (QED) is 0.607. The smallest absolute Gasteiger partial charge is 0.272 e. The summed E-state index contributed by atoms with van der Waals surface area (Å²) in [6, 6.07) is 0. The Morgan fingerprint density at radius 3 is 1.92 bits per heavy atom. The molecule has 0 radical (unpaired) electrons. The molecule has 0 rings (SSSR count). The molecule has 0 aliphatic carbocycles. The largest absolute Gasteiger partial charge is 0.318 e. The maximum Gasteiger partial charge on any atom is 0.272 e. The van der Waals surface area contributed by atoms with Gasteiger partial charge in [0.2, 0.25) is 0 Å². The van der Waals surface area contributed by atoms with Crippen LogP contribution in [-0.4, -0.2) is 30.5 Å². The van der Waals surface area contributed by atoms with E-state index in [1.807, 2.05) is 32.4 Å². The third kappa shape index (κ3) is 2.89. The summed E-state index contributed by atoms with van der Waals surface area (Å²) < 4.78 is 19.3. The Balaban J connectivity index is 4.36. The van der Waals surface area contributed by atoms with Gasteiger partial charge in [0.15, 0.2) is 0 Å². The van der Waals surface area contributed by atoms with Crippen molar-refractivity contribution >= 4 is 7.52 Å². The normalized spacial score (nSPS) is 16.4. The zero-order valence-corrected chi connectivity index (χ0v) is 9.43. The van der Waals surface area contributed by atoms with Gasteiger partial charge in [0.25, 0.3) is 7.52 Å². The van der Waals surface area contributed by atoms with E-state index in [1.54, 1.807) is 0 Å². The van der Waals surface area contributed by atoms with E-state index in [1.165, 1.54) is 0 Å². The van der Waals surface area contributed by atoms with Crippen molar-refractivity contribution in [2.45, 2.75) is 27.7 Å². The van der Waals surface area contributed by atoms with Crippen molar-refractivity contribution in [2.75, 3.05) is 25.9 Å². The summed E-state index contributed by atoms with van der Waals surface area (Å²) in [5.74, 6) is 0. The number of rotatable bonds is 6. The van der Waals surface area contributed by atoms with Crippen molar-refractivity contribution in [3.63, 3.8) is 0 Å². The van der Waals surface area contributed by atoms with Crippen LogP contribution in [0.15, 0.2) is 0 Å². The van der Waals surface area contributed by atoms with Crippen LogP contribution in [0.4, 0.5) is 0 Å². The van der Waals surface area contributed by atoms with Crippen molar-refractivity contribution in [3.05, 3.63) is 0 Å². The maximum atomic E-state index is 12.0. The minimum absolute atomic E-state index is 0.529. The summed E-state index contributed by atoms with van der Waals surface area (Å²) in [5, 5.41) is 0. The fourth-order valence-corrected chi connectivity index (χ4v) is 3.24. The minimum atomic E-state index is -2.48. The molecule has 4 heteroatoms. The molecule has 0 bridgehead atoms. The second-order valence-corrected chi connectivity index (χ2v) is 5.24. The average molecular weight is 193 g/mol. The number of hydrogen-bond acceptors (Lipinski definition) is 2. The van der Waals surface area contributed by atoms with Crippen LogP contribution in [0.5, 0.6) is 0 Å². The molecule has 74 valence electrons. The Morgan fingerprint density at radius 1 is 1.17 bits per heavy atom. The van der Waals surface area contributed by atoms with Crippen LogP contribution in [0.25, 0.3) is 0 Å². The Labute approximate surface area is 75.6 Å². The highest BCUT2D eigenvalue weighted by molar-refractivity contribution is 7.56. The lowest BCUT2D eigenvalue weighted by Gasteiger charge is -2.27. The standard InChI is InChI=1S/C8H20NO2P/c1-5-9(6-2)12(10,8-4)11-7-3/h5-8H2,1-4H3. The third-order valence-electron chi connectivity index (χ3n) is 1.89. The lowest BCUT2D eigenvalue weighted by atomic mass is 10.7. The highest BCUT2D eigenvalue weighted by Gasteiger charge is 2.26. The number of hydrogen-bond donors (Lipinski definition) is 0. The summed E-state index contributed by atoms with van der Waals surface area (Å²) >= 11 is 0. The molecule has 0 aliphatic rings. The molecule has 0 N–H and O–H groups in total. The molecule has 1 unspecified atom stereocenters. The first-order valence-corrected chi connectivity index (χ1v) is 6.39. The van der Waals surface area contributed by atoms with Crippen LogP contribution < -0.4 is 0 Å². The second-order valence-electron chi connectivity index (χ2n) is 2.51. The number of nitrogens with zero attached hydrogens (tertiary/aromatic N) is 1. The first-order valence-electron chi connectivity index (χ1n) is 4.63. The van der Waals surface area contributed by atoms with Crippen LogP contribution in [0.3, 0.4) is 0 Å². The lowest BCUT2D eigenvalue weighted by molar-refractivity contribution is 0.279. The molecular formula is C8H20NO2P. The zero-order valence-electron chi connectivity index (χ0n) is 8.54. The summed E-state index contributed by atoms with van der Waals surface area (Å²) in [6.07, 6.45) is 0.600. The van der Waals surface area contributed by atoms with E-state index in [-0.39, 0.29) is 0 Å². The van der Waals surface area contributed by atoms with Crippen molar-refractivity contribution in [1.82, 2.24) is 4.67 Å². The zero-order chi connectivity index (χ0) is 9.61. The molecule has 0 amide bonds. The summed E-state index contributed by atoms with van der Waals surface area (Å²) in [6.45, 7) is 9.92. The van der Waals surface area contributed by atoms with Gasteiger partial charge in [-0.25, -0.2) is 4.67 Å². The van der Waals surface area contributed by atoms with Crippen molar-refractivity contribution in [2.24, 2.45) is 0 Å². The first-order chi connectivity index (χ1) is 5.64. The van der Waals surface area contributed by atoms with Gasteiger partial charge < -0.3 is 4.52 Å².